The molecule has 0 spiro atoms. The van der Waals surface area contributed by atoms with Gasteiger partial charge in [0.25, 0.3) is 17.2 Å². The molecule has 1 heterocycles. The van der Waals surface area contributed by atoms with Gasteiger partial charge in [-0.05, 0) is 54.6 Å². The molecule has 0 unspecified atom stereocenters. The maximum Gasteiger partial charge on any atom is 0.288 e. The van der Waals surface area contributed by atoms with E-state index in [0.29, 0.717) is 23.1 Å². The summed E-state index contributed by atoms with van der Waals surface area (Å²) in [5.74, 6) is -3.31. The quantitative estimate of drug-likeness (QED) is 0.277. The average Bonchev–Trinajstić information content (AvgIpc) is 3.28. The minimum atomic E-state index is -2.61. The van der Waals surface area contributed by atoms with E-state index in [4.69, 9.17) is 14.2 Å². The minimum Gasteiger partial charge on any atom is -0.493 e. The van der Waals surface area contributed by atoms with Crippen molar-refractivity contribution in [3.8, 4) is 29.0 Å². The number of thioether (sulfide) groups is 1. The number of thiazole rings is 1. The van der Waals surface area contributed by atoms with Crippen molar-refractivity contribution in [2.24, 2.45) is 0 Å². The van der Waals surface area contributed by atoms with Gasteiger partial charge in [0.05, 0.1) is 31.5 Å². The van der Waals surface area contributed by atoms with Gasteiger partial charge in [0.2, 0.25) is 5.75 Å². The van der Waals surface area contributed by atoms with Gasteiger partial charge in [0.1, 0.15) is 16.5 Å². The van der Waals surface area contributed by atoms with Crippen LogP contribution in [0.25, 0.3) is 17.3 Å². The fourth-order valence-electron chi connectivity index (χ4n) is 3.99. The molecule has 1 N–H and O–H groups in total. The molecular formula is C29H22F3N3O5S2. The molecule has 42 heavy (non-hydrogen) atoms. The zero-order chi connectivity index (χ0) is 30.4. The van der Waals surface area contributed by atoms with E-state index < -0.39 is 28.6 Å². The third-order valence-electron chi connectivity index (χ3n) is 5.83. The number of amides is 1. The Balaban J connectivity index is 1.93. The van der Waals surface area contributed by atoms with E-state index in [1.807, 2.05) is 6.07 Å². The molecule has 0 radical (unpaired) electrons. The SMILES string of the molecule is COc1ccc(C=c2sc(=C(C#N)C(=O)Nc3ccc(SC(F)F)cc3)n(-c3ccccc3F)c2=O)c(OC)c1OC. The fourth-order valence-corrected chi connectivity index (χ4v) is 5.57. The Labute approximate surface area is 245 Å². The second kappa shape index (κ2) is 13.3. The Morgan fingerprint density at radius 2 is 1.71 bits per heavy atom. The van der Waals surface area contributed by atoms with Crippen LogP contribution in [0.3, 0.4) is 0 Å². The number of nitrogens with one attached hydrogen (secondary N) is 1. The number of methoxy groups -OCH3 is 3. The summed E-state index contributed by atoms with van der Waals surface area (Å²) < 4.78 is 57.4. The lowest BCUT2D eigenvalue weighted by molar-refractivity contribution is -0.111. The van der Waals surface area contributed by atoms with Gasteiger partial charge in [-0.2, -0.15) is 14.0 Å². The maximum atomic E-state index is 15.0. The van der Waals surface area contributed by atoms with Crippen LogP contribution in [0, 0.1) is 17.1 Å². The number of anilines is 1. The van der Waals surface area contributed by atoms with Crippen LogP contribution in [0.4, 0.5) is 18.9 Å². The summed E-state index contributed by atoms with van der Waals surface area (Å²) in [6.45, 7) is 0. The van der Waals surface area contributed by atoms with Crippen LogP contribution >= 0.6 is 23.1 Å². The molecule has 4 rings (SSSR count). The minimum absolute atomic E-state index is 0.0627. The molecule has 216 valence electrons. The first kappa shape index (κ1) is 30.3. The van der Waals surface area contributed by atoms with E-state index in [2.05, 4.69) is 5.32 Å². The van der Waals surface area contributed by atoms with Crippen LogP contribution in [0.2, 0.25) is 0 Å². The number of benzene rings is 3. The predicted molar refractivity (Wildman–Crippen MR) is 155 cm³/mol. The third-order valence-corrected chi connectivity index (χ3v) is 7.64. The van der Waals surface area contributed by atoms with Crippen LogP contribution in [-0.4, -0.2) is 37.6 Å². The first-order chi connectivity index (χ1) is 20.2. The summed E-state index contributed by atoms with van der Waals surface area (Å²) in [7, 11) is 4.30. The largest absolute Gasteiger partial charge is 0.493 e. The molecule has 1 amide bonds. The number of carbonyl (C=O) groups is 1. The number of hydrogen-bond donors (Lipinski definition) is 1. The van der Waals surface area contributed by atoms with Gasteiger partial charge in [0.15, 0.2) is 17.1 Å². The van der Waals surface area contributed by atoms with Gasteiger partial charge in [-0.15, -0.1) is 11.3 Å². The van der Waals surface area contributed by atoms with E-state index in [1.165, 1.54) is 69.9 Å². The third kappa shape index (κ3) is 6.29. The predicted octanol–water partition coefficient (Wildman–Crippen LogP) is 4.52. The molecule has 0 aliphatic rings. The number of hydrogen-bond acceptors (Lipinski definition) is 8. The Morgan fingerprint density at radius 1 is 1.02 bits per heavy atom. The highest BCUT2D eigenvalue weighted by Crippen LogP contribution is 2.40. The summed E-state index contributed by atoms with van der Waals surface area (Å²) in [6, 6.07) is 16.1. The second-order valence-electron chi connectivity index (χ2n) is 8.28. The van der Waals surface area contributed by atoms with Crippen molar-refractivity contribution in [3.63, 3.8) is 0 Å². The molecule has 0 fully saturated rings. The topological polar surface area (TPSA) is 103 Å². The molecule has 0 aliphatic carbocycles. The number of ether oxygens (including phenoxy) is 3. The highest BCUT2D eigenvalue weighted by Gasteiger charge is 2.20. The lowest BCUT2D eigenvalue weighted by atomic mass is 10.1. The molecule has 3 aromatic carbocycles. The van der Waals surface area contributed by atoms with Gasteiger partial charge in [-0.1, -0.05) is 23.9 Å². The second-order valence-corrected chi connectivity index (χ2v) is 10.4. The maximum absolute atomic E-state index is 15.0. The number of nitrogens with zero attached hydrogens (tertiary/aromatic N) is 2. The first-order valence-electron chi connectivity index (χ1n) is 12.0. The Kier molecular flexibility index (Phi) is 9.61. The lowest BCUT2D eigenvalue weighted by Gasteiger charge is -2.13. The highest BCUT2D eigenvalue weighted by atomic mass is 32.2. The molecule has 1 aromatic heterocycles. The number of halogens is 3. The van der Waals surface area contributed by atoms with Crippen molar-refractivity contribution in [2.45, 2.75) is 10.7 Å². The van der Waals surface area contributed by atoms with Gasteiger partial charge in [-0.3, -0.25) is 14.2 Å². The summed E-state index contributed by atoms with van der Waals surface area (Å²) in [5, 5.41) is 12.5. The van der Waals surface area contributed by atoms with E-state index in [0.717, 1.165) is 22.0 Å². The summed E-state index contributed by atoms with van der Waals surface area (Å²) >= 11 is 1.15. The summed E-state index contributed by atoms with van der Waals surface area (Å²) in [5.41, 5.74) is -0.673. The lowest BCUT2D eigenvalue weighted by Crippen LogP contribution is -2.32. The highest BCUT2D eigenvalue weighted by molar-refractivity contribution is 7.99. The standard InChI is InChI=1S/C29H22F3N3O5S2/c1-38-22-13-8-16(24(39-2)25(22)40-3)14-23-27(37)35(21-7-5-4-6-20(21)30)28(42-23)19(15-33)26(36)34-17-9-11-18(12-10-17)41-29(31)32/h4-14,29H,1-3H3,(H,34,36). The Morgan fingerprint density at radius 3 is 2.31 bits per heavy atom. The van der Waals surface area contributed by atoms with Crippen molar-refractivity contribution in [3.05, 3.63) is 91.6 Å². The number of alkyl halides is 2. The van der Waals surface area contributed by atoms with Crippen LogP contribution in [0.5, 0.6) is 17.2 Å². The molecule has 8 nitrogen and oxygen atoms in total. The zero-order valence-corrected chi connectivity index (χ0v) is 23.9. The Bertz CT molecular complexity index is 1850. The van der Waals surface area contributed by atoms with Crippen molar-refractivity contribution >= 4 is 46.3 Å². The normalized spacial score (nSPS) is 12.1. The molecule has 13 heteroatoms. The monoisotopic (exact) mass is 613 g/mol. The van der Waals surface area contributed by atoms with Crippen LogP contribution in [-0.2, 0) is 4.79 Å². The molecule has 0 atom stereocenters. The van der Waals surface area contributed by atoms with Gasteiger partial charge in [-0.25, -0.2) is 4.39 Å². The van der Waals surface area contributed by atoms with Crippen LogP contribution in [0.15, 0.2) is 70.4 Å². The van der Waals surface area contributed by atoms with Gasteiger partial charge in [0, 0.05) is 16.1 Å². The van der Waals surface area contributed by atoms with Crippen molar-refractivity contribution in [1.82, 2.24) is 4.57 Å². The van der Waals surface area contributed by atoms with E-state index in [1.54, 1.807) is 12.1 Å². The molecular weight excluding hydrogens is 591 g/mol. The number of aromatic nitrogens is 1. The van der Waals surface area contributed by atoms with Crippen molar-refractivity contribution < 1.29 is 32.2 Å². The molecule has 0 saturated carbocycles. The van der Waals surface area contributed by atoms with Crippen molar-refractivity contribution in [1.29, 1.82) is 5.26 Å². The van der Waals surface area contributed by atoms with E-state index >= 15 is 0 Å². The summed E-state index contributed by atoms with van der Waals surface area (Å²) in [6.07, 6.45) is 1.47. The molecule has 0 aliphatic heterocycles. The zero-order valence-electron chi connectivity index (χ0n) is 22.3. The summed E-state index contributed by atoms with van der Waals surface area (Å²) in [4.78, 5) is 27.2. The first-order valence-corrected chi connectivity index (χ1v) is 13.7. The van der Waals surface area contributed by atoms with Crippen LogP contribution < -0.4 is 34.3 Å². The Hall–Kier alpha value is -4.67. The smallest absolute Gasteiger partial charge is 0.288 e. The number of para-hydroxylation sites is 1. The number of rotatable bonds is 9. The molecule has 4 aromatic rings. The van der Waals surface area contributed by atoms with E-state index in [9.17, 15) is 28.0 Å². The van der Waals surface area contributed by atoms with E-state index in [-0.39, 0.29) is 37.0 Å². The molecule has 0 bridgehead atoms. The average molecular weight is 614 g/mol. The van der Waals surface area contributed by atoms with Gasteiger partial charge >= 0.3 is 0 Å². The van der Waals surface area contributed by atoms with Crippen molar-refractivity contribution in [2.75, 3.05) is 26.6 Å². The fraction of sp³-hybridized carbons (Fsp3) is 0.138. The number of carbonyl (C=O) groups excluding carboxylic acids is 1. The number of nitriles is 1. The van der Waals surface area contributed by atoms with Gasteiger partial charge < -0.3 is 19.5 Å². The molecule has 0 saturated heterocycles. The van der Waals surface area contributed by atoms with Crippen LogP contribution in [0.1, 0.15) is 5.56 Å².